The summed E-state index contributed by atoms with van der Waals surface area (Å²) in [4.78, 5) is 36.1. The number of amides is 2. The number of piperazine rings is 1. The lowest BCUT2D eigenvalue weighted by Gasteiger charge is -2.34. The molecular weight excluding hydrogens is 200 g/mol. The van der Waals surface area contributed by atoms with Crippen molar-refractivity contribution in [3.05, 3.63) is 0 Å². The van der Waals surface area contributed by atoms with E-state index in [0.29, 0.717) is 13.0 Å². The molecule has 6 heteroatoms. The molecule has 0 aliphatic carbocycles. The Labute approximate surface area is 87.5 Å². The molecule has 1 saturated heterocycles. The number of hydrogen-bond donors (Lipinski definition) is 1. The number of carboxylic acids is 1. The molecule has 1 fully saturated rings. The smallest absolute Gasteiger partial charge is 0.326 e. The summed E-state index contributed by atoms with van der Waals surface area (Å²) >= 11 is 0. The van der Waals surface area contributed by atoms with E-state index in [1.807, 2.05) is 0 Å². The highest BCUT2D eigenvalue weighted by atomic mass is 16.4. The van der Waals surface area contributed by atoms with Crippen LogP contribution in [0.5, 0.6) is 0 Å². The second kappa shape index (κ2) is 4.29. The molecule has 1 atom stereocenters. The third-order valence-electron chi connectivity index (χ3n) is 2.51. The average molecular weight is 214 g/mol. The summed E-state index contributed by atoms with van der Waals surface area (Å²) in [6, 6.07) is -0.893. The fourth-order valence-electron chi connectivity index (χ4n) is 1.57. The number of carbonyl (C=O) groups is 3. The molecule has 2 amide bonds. The number of nitrogens with zero attached hydrogens (tertiary/aromatic N) is 2. The van der Waals surface area contributed by atoms with Crippen molar-refractivity contribution in [1.29, 1.82) is 0 Å². The molecule has 1 heterocycles. The first-order valence-corrected chi connectivity index (χ1v) is 4.78. The van der Waals surface area contributed by atoms with Crippen molar-refractivity contribution < 1.29 is 19.5 Å². The number of carboxylic acid groups (broad SMARTS) is 1. The van der Waals surface area contributed by atoms with Crippen LogP contribution in [0, 0.1) is 0 Å². The summed E-state index contributed by atoms with van der Waals surface area (Å²) in [6.45, 7) is 2.34. The van der Waals surface area contributed by atoms with E-state index in [2.05, 4.69) is 0 Å². The van der Waals surface area contributed by atoms with Crippen LogP contribution in [0.4, 0.5) is 0 Å². The highest BCUT2D eigenvalue weighted by Crippen LogP contribution is 2.10. The number of aliphatic carboxylic acids is 1. The van der Waals surface area contributed by atoms with Crippen LogP contribution in [-0.4, -0.2) is 58.9 Å². The molecular formula is C9H14N2O4. The Morgan fingerprint density at radius 3 is 2.47 bits per heavy atom. The van der Waals surface area contributed by atoms with Crippen molar-refractivity contribution in [2.75, 3.05) is 20.1 Å². The molecule has 1 aliphatic rings. The maximum absolute atomic E-state index is 11.5. The molecule has 0 aromatic rings. The van der Waals surface area contributed by atoms with Crippen LogP contribution in [0.25, 0.3) is 0 Å². The Morgan fingerprint density at radius 2 is 2.00 bits per heavy atom. The fourth-order valence-corrected chi connectivity index (χ4v) is 1.57. The van der Waals surface area contributed by atoms with E-state index >= 15 is 0 Å². The molecule has 15 heavy (non-hydrogen) atoms. The Morgan fingerprint density at radius 1 is 1.40 bits per heavy atom. The topological polar surface area (TPSA) is 77.9 Å². The third kappa shape index (κ3) is 2.08. The molecule has 1 N–H and O–H groups in total. The van der Waals surface area contributed by atoms with Crippen LogP contribution in [0.3, 0.4) is 0 Å². The summed E-state index contributed by atoms with van der Waals surface area (Å²) in [5.41, 5.74) is 0. The number of hydrogen-bond acceptors (Lipinski definition) is 3. The average Bonchev–Trinajstić information content (AvgIpc) is 2.18. The summed E-state index contributed by atoms with van der Waals surface area (Å²) < 4.78 is 0. The van der Waals surface area contributed by atoms with Gasteiger partial charge in [-0.1, -0.05) is 6.92 Å². The van der Waals surface area contributed by atoms with Crippen molar-refractivity contribution in [1.82, 2.24) is 9.80 Å². The summed E-state index contributed by atoms with van der Waals surface area (Å²) in [6.07, 6.45) is 0.304. The lowest BCUT2D eigenvalue weighted by Crippen LogP contribution is -2.57. The summed E-state index contributed by atoms with van der Waals surface area (Å²) in [7, 11) is 1.53. The minimum atomic E-state index is -1.07. The Balaban J connectivity index is 2.83. The van der Waals surface area contributed by atoms with Crippen LogP contribution in [0.15, 0.2) is 0 Å². The predicted molar refractivity (Wildman–Crippen MR) is 51.1 cm³/mol. The lowest BCUT2D eigenvalue weighted by atomic mass is 10.1. The van der Waals surface area contributed by atoms with Crippen molar-refractivity contribution in [3.8, 4) is 0 Å². The van der Waals surface area contributed by atoms with Gasteiger partial charge in [-0.25, -0.2) is 4.79 Å². The van der Waals surface area contributed by atoms with Gasteiger partial charge in [0.15, 0.2) is 0 Å². The Hall–Kier alpha value is -1.59. The molecule has 84 valence electrons. The van der Waals surface area contributed by atoms with Gasteiger partial charge in [0.1, 0.15) is 6.04 Å². The maximum atomic E-state index is 11.5. The molecule has 0 saturated carbocycles. The van der Waals surface area contributed by atoms with E-state index in [4.69, 9.17) is 5.11 Å². The lowest BCUT2D eigenvalue weighted by molar-refractivity contribution is -0.161. The minimum Gasteiger partial charge on any atom is -0.480 e. The van der Waals surface area contributed by atoms with Crippen LogP contribution in [-0.2, 0) is 14.4 Å². The Kier molecular flexibility index (Phi) is 3.28. The number of likely N-dealkylation sites (N-methyl/N-ethyl adjacent to an activating group) is 1. The molecule has 0 spiro atoms. The summed E-state index contributed by atoms with van der Waals surface area (Å²) in [5, 5.41) is 8.88. The standard InChI is InChI=1S/C9H14N2O4/c1-3-6(9(14)15)11-5-4-10(2)7(12)8(11)13/h6H,3-5H2,1-2H3,(H,14,15)/t6-/m1/s1. The highest BCUT2D eigenvalue weighted by Gasteiger charge is 2.36. The largest absolute Gasteiger partial charge is 0.480 e. The van der Waals surface area contributed by atoms with E-state index in [1.54, 1.807) is 6.92 Å². The van der Waals surface area contributed by atoms with Crippen molar-refractivity contribution in [2.24, 2.45) is 0 Å². The zero-order chi connectivity index (χ0) is 11.6. The van der Waals surface area contributed by atoms with Crippen molar-refractivity contribution in [3.63, 3.8) is 0 Å². The van der Waals surface area contributed by atoms with Gasteiger partial charge < -0.3 is 14.9 Å². The molecule has 6 nitrogen and oxygen atoms in total. The van der Waals surface area contributed by atoms with Gasteiger partial charge in [-0.2, -0.15) is 0 Å². The quantitative estimate of drug-likeness (QED) is 0.621. The van der Waals surface area contributed by atoms with Crippen molar-refractivity contribution >= 4 is 17.8 Å². The van der Waals surface area contributed by atoms with E-state index in [-0.39, 0.29) is 6.54 Å². The summed E-state index contributed by atoms with van der Waals surface area (Å²) in [5.74, 6) is -2.43. The minimum absolute atomic E-state index is 0.284. The predicted octanol–water partition coefficient (Wildman–Crippen LogP) is -0.850. The van der Waals surface area contributed by atoms with Crippen LogP contribution in [0.1, 0.15) is 13.3 Å². The molecule has 1 aliphatic heterocycles. The first kappa shape index (κ1) is 11.5. The fraction of sp³-hybridized carbons (Fsp3) is 0.667. The zero-order valence-corrected chi connectivity index (χ0v) is 8.77. The van der Waals surface area contributed by atoms with Crippen molar-refractivity contribution in [2.45, 2.75) is 19.4 Å². The van der Waals surface area contributed by atoms with Gasteiger partial charge >= 0.3 is 17.8 Å². The second-order valence-corrected chi connectivity index (χ2v) is 3.49. The monoisotopic (exact) mass is 214 g/mol. The Bertz CT molecular complexity index is 302. The molecule has 0 aromatic heterocycles. The van der Waals surface area contributed by atoms with Crippen LogP contribution < -0.4 is 0 Å². The van der Waals surface area contributed by atoms with E-state index < -0.39 is 23.8 Å². The molecule has 1 rings (SSSR count). The van der Waals surface area contributed by atoms with E-state index in [1.165, 1.54) is 11.9 Å². The first-order valence-electron chi connectivity index (χ1n) is 4.78. The third-order valence-corrected chi connectivity index (χ3v) is 2.51. The van der Waals surface area contributed by atoms with Crippen LogP contribution in [0.2, 0.25) is 0 Å². The molecule has 0 radical (unpaired) electrons. The normalized spacial score (nSPS) is 19.3. The van der Waals surface area contributed by atoms with Gasteiger partial charge in [0.2, 0.25) is 0 Å². The van der Waals surface area contributed by atoms with Gasteiger partial charge in [-0.3, -0.25) is 9.59 Å². The number of rotatable bonds is 3. The van der Waals surface area contributed by atoms with E-state index in [9.17, 15) is 14.4 Å². The van der Waals surface area contributed by atoms with Gasteiger partial charge in [0, 0.05) is 20.1 Å². The molecule has 0 aromatic carbocycles. The first-order chi connectivity index (χ1) is 6.99. The highest BCUT2D eigenvalue weighted by molar-refractivity contribution is 6.35. The van der Waals surface area contributed by atoms with Crippen LogP contribution >= 0.6 is 0 Å². The second-order valence-electron chi connectivity index (χ2n) is 3.49. The molecule has 0 unspecified atom stereocenters. The molecule has 0 bridgehead atoms. The van der Waals surface area contributed by atoms with E-state index in [0.717, 1.165) is 4.90 Å². The maximum Gasteiger partial charge on any atom is 0.326 e. The SMILES string of the molecule is CC[C@H](C(=O)O)N1CCN(C)C(=O)C1=O. The van der Waals surface area contributed by atoms with Gasteiger partial charge in [0.25, 0.3) is 0 Å². The number of carbonyl (C=O) groups excluding carboxylic acids is 2. The van der Waals surface area contributed by atoms with Gasteiger partial charge in [-0.15, -0.1) is 0 Å². The zero-order valence-electron chi connectivity index (χ0n) is 8.77. The van der Waals surface area contributed by atoms with Gasteiger partial charge in [0.05, 0.1) is 0 Å². The van der Waals surface area contributed by atoms with Gasteiger partial charge in [-0.05, 0) is 6.42 Å².